The zero-order chi connectivity index (χ0) is 18.0. The fourth-order valence-corrected chi connectivity index (χ4v) is 2.58. The van der Waals surface area contributed by atoms with E-state index in [-0.39, 0.29) is 25.3 Å². The van der Waals surface area contributed by atoms with Gasteiger partial charge >= 0.3 is 6.55 Å². The van der Waals surface area contributed by atoms with E-state index < -0.39 is 24.3 Å². The third-order valence-corrected chi connectivity index (χ3v) is 3.84. The zero-order valence-electron chi connectivity index (χ0n) is 13.0. The Hall–Kier alpha value is -3.10. The molecule has 0 atom stereocenters. The number of amides is 3. The number of fused-ring (bicyclic) bond motifs is 1. The van der Waals surface area contributed by atoms with E-state index in [9.17, 15) is 23.2 Å². The molecule has 2 heterocycles. The van der Waals surface area contributed by atoms with Crippen molar-refractivity contribution in [2.24, 2.45) is 0 Å². The van der Waals surface area contributed by atoms with Crippen molar-refractivity contribution in [3.8, 4) is 0 Å². The molecule has 25 heavy (non-hydrogen) atoms. The molecule has 7 nitrogen and oxygen atoms in total. The molecule has 1 aromatic heterocycles. The van der Waals surface area contributed by atoms with Crippen LogP contribution in [0.4, 0.5) is 8.78 Å². The lowest BCUT2D eigenvalue weighted by Crippen LogP contribution is -2.34. The summed E-state index contributed by atoms with van der Waals surface area (Å²) >= 11 is 0. The number of carbonyl (C=O) groups is 3. The topological polar surface area (TPSA) is 84.3 Å². The van der Waals surface area contributed by atoms with E-state index in [1.807, 2.05) is 0 Å². The zero-order valence-corrected chi connectivity index (χ0v) is 13.0. The molecular formula is C16H14F2N4O3. The fourth-order valence-electron chi connectivity index (χ4n) is 2.58. The molecule has 0 saturated carbocycles. The molecule has 0 spiro atoms. The van der Waals surface area contributed by atoms with E-state index in [2.05, 4.69) is 10.3 Å². The second kappa shape index (κ2) is 6.80. The number of aromatic nitrogens is 2. The molecular weight excluding hydrogens is 334 g/mol. The Morgan fingerprint density at radius 3 is 2.40 bits per heavy atom. The molecule has 9 heteroatoms. The van der Waals surface area contributed by atoms with Crippen LogP contribution in [0, 0.1) is 0 Å². The number of imidazole rings is 1. The van der Waals surface area contributed by atoms with Crippen LogP contribution in [0.25, 0.3) is 0 Å². The molecule has 0 saturated heterocycles. The first kappa shape index (κ1) is 16.7. The monoisotopic (exact) mass is 348 g/mol. The van der Waals surface area contributed by atoms with Gasteiger partial charge in [-0.25, -0.2) is 4.98 Å². The predicted octanol–water partition coefficient (Wildman–Crippen LogP) is 1.58. The number of alkyl halides is 2. The SMILES string of the molecule is O=C(CCN1C(=O)c2ccccc2C1=O)NCc1nccn1C(F)F. The summed E-state index contributed by atoms with van der Waals surface area (Å²) in [5, 5.41) is 2.45. The summed E-state index contributed by atoms with van der Waals surface area (Å²) in [5.41, 5.74) is 0.624. The number of halogens is 2. The van der Waals surface area contributed by atoms with Crippen LogP contribution in [0.3, 0.4) is 0 Å². The molecule has 0 fully saturated rings. The van der Waals surface area contributed by atoms with Crippen molar-refractivity contribution in [1.29, 1.82) is 0 Å². The lowest BCUT2D eigenvalue weighted by atomic mass is 10.1. The minimum Gasteiger partial charge on any atom is -0.349 e. The largest absolute Gasteiger partial charge is 0.349 e. The molecule has 3 amide bonds. The Morgan fingerprint density at radius 1 is 1.16 bits per heavy atom. The minimum atomic E-state index is -2.74. The van der Waals surface area contributed by atoms with Gasteiger partial charge < -0.3 is 5.32 Å². The smallest absolute Gasteiger partial charge is 0.319 e. The van der Waals surface area contributed by atoms with Gasteiger partial charge in [0.15, 0.2) is 0 Å². The van der Waals surface area contributed by atoms with Crippen molar-refractivity contribution in [2.75, 3.05) is 6.54 Å². The Kier molecular flexibility index (Phi) is 4.55. The summed E-state index contributed by atoms with van der Waals surface area (Å²) in [7, 11) is 0. The highest BCUT2D eigenvalue weighted by Crippen LogP contribution is 2.22. The van der Waals surface area contributed by atoms with Crippen molar-refractivity contribution in [1.82, 2.24) is 19.8 Å². The molecule has 1 aliphatic rings. The van der Waals surface area contributed by atoms with Crippen LogP contribution in [-0.2, 0) is 11.3 Å². The highest BCUT2D eigenvalue weighted by Gasteiger charge is 2.34. The van der Waals surface area contributed by atoms with Crippen molar-refractivity contribution >= 4 is 17.7 Å². The Bertz CT molecular complexity index is 799. The van der Waals surface area contributed by atoms with E-state index in [0.29, 0.717) is 15.7 Å². The van der Waals surface area contributed by atoms with Crippen LogP contribution >= 0.6 is 0 Å². The highest BCUT2D eigenvalue weighted by molar-refractivity contribution is 6.21. The van der Waals surface area contributed by atoms with Gasteiger partial charge in [-0.15, -0.1) is 0 Å². The molecule has 0 bridgehead atoms. The van der Waals surface area contributed by atoms with Crippen molar-refractivity contribution in [3.63, 3.8) is 0 Å². The first-order chi connectivity index (χ1) is 12.0. The Balaban J connectivity index is 1.54. The molecule has 1 N–H and O–H groups in total. The molecule has 0 unspecified atom stereocenters. The number of rotatable bonds is 6. The summed E-state index contributed by atoms with van der Waals surface area (Å²) in [6.07, 6.45) is 2.21. The molecule has 0 radical (unpaired) electrons. The number of hydrogen-bond acceptors (Lipinski definition) is 4. The van der Waals surface area contributed by atoms with Crippen LogP contribution in [-0.4, -0.2) is 38.7 Å². The van der Waals surface area contributed by atoms with E-state index in [1.165, 1.54) is 6.20 Å². The van der Waals surface area contributed by atoms with Crippen LogP contribution in [0.5, 0.6) is 0 Å². The predicted molar refractivity (Wildman–Crippen MR) is 81.8 cm³/mol. The highest BCUT2D eigenvalue weighted by atomic mass is 19.3. The van der Waals surface area contributed by atoms with Crippen LogP contribution < -0.4 is 5.32 Å². The average molecular weight is 348 g/mol. The van der Waals surface area contributed by atoms with E-state index in [0.717, 1.165) is 11.1 Å². The maximum Gasteiger partial charge on any atom is 0.319 e. The number of nitrogens with zero attached hydrogens (tertiary/aromatic N) is 3. The molecule has 130 valence electrons. The maximum atomic E-state index is 12.7. The van der Waals surface area contributed by atoms with Gasteiger partial charge in [-0.1, -0.05) is 12.1 Å². The Morgan fingerprint density at radius 2 is 1.80 bits per heavy atom. The maximum absolute atomic E-state index is 12.7. The number of imide groups is 1. The van der Waals surface area contributed by atoms with E-state index in [4.69, 9.17) is 0 Å². The molecule has 1 aliphatic heterocycles. The van der Waals surface area contributed by atoms with Gasteiger partial charge in [0.05, 0.1) is 17.7 Å². The van der Waals surface area contributed by atoms with Gasteiger partial charge in [-0.2, -0.15) is 8.78 Å². The summed E-state index contributed by atoms with van der Waals surface area (Å²) in [6.45, 7) is -2.99. The standard InChI is InChI=1S/C16H14F2N4O3/c17-16(18)21-8-6-19-12(21)9-20-13(23)5-7-22-14(24)10-3-1-2-4-11(10)15(22)25/h1-4,6,8,16H,5,7,9H2,(H,20,23). The van der Waals surface area contributed by atoms with Crippen molar-refractivity contribution < 1.29 is 23.2 Å². The van der Waals surface area contributed by atoms with Gasteiger partial charge in [-0.05, 0) is 12.1 Å². The quantitative estimate of drug-likeness (QED) is 0.804. The lowest BCUT2D eigenvalue weighted by Gasteiger charge is -2.13. The van der Waals surface area contributed by atoms with Crippen LogP contribution in [0.2, 0.25) is 0 Å². The fraction of sp³-hybridized carbons (Fsp3) is 0.250. The minimum absolute atomic E-state index is 0.0177. The number of carbonyl (C=O) groups excluding carboxylic acids is 3. The molecule has 2 aromatic rings. The first-order valence-corrected chi connectivity index (χ1v) is 7.51. The molecule has 0 aliphatic carbocycles. The van der Waals surface area contributed by atoms with E-state index in [1.54, 1.807) is 24.3 Å². The number of hydrogen-bond donors (Lipinski definition) is 1. The van der Waals surface area contributed by atoms with Gasteiger partial charge in [0.1, 0.15) is 5.82 Å². The molecule has 3 rings (SSSR count). The van der Waals surface area contributed by atoms with Crippen molar-refractivity contribution in [2.45, 2.75) is 19.5 Å². The van der Waals surface area contributed by atoms with Gasteiger partial charge in [0.2, 0.25) is 5.91 Å². The second-order valence-electron chi connectivity index (χ2n) is 5.36. The van der Waals surface area contributed by atoms with Crippen LogP contribution in [0.1, 0.15) is 39.5 Å². The summed E-state index contributed by atoms with van der Waals surface area (Å²) in [6, 6.07) is 6.43. The number of benzene rings is 1. The number of nitrogens with one attached hydrogen (secondary N) is 1. The summed E-state index contributed by atoms with van der Waals surface area (Å²) in [4.78, 5) is 41.0. The Labute approximate surface area is 141 Å². The summed E-state index contributed by atoms with van der Waals surface area (Å²) < 4.78 is 26.0. The van der Waals surface area contributed by atoms with Gasteiger partial charge in [0, 0.05) is 25.4 Å². The van der Waals surface area contributed by atoms with Gasteiger partial charge in [0.25, 0.3) is 11.8 Å². The summed E-state index contributed by atoms with van der Waals surface area (Å²) in [5.74, 6) is -1.34. The van der Waals surface area contributed by atoms with Crippen molar-refractivity contribution in [3.05, 3.63) is 53.6 Å². The van der Waals surface area contributed by atoms with Crippen LogP contribution in [0.15, 0.2) is 36.7 Å². The second-order valence-corrected chi connectivity index (χ2v) is 5.36. The lowest BCUT2D eigenvalue weighted by molar-refractivity contribution is -0.121. The third kappa shape index (κ3) is 3.25. The van der Waals surface area contributed by atoms with E-state index >= 15 is 0 Å². The normalized spacial score (nSPS) is 13.5. The average Bonchev–Trinajstić information content (AvgIpc) is 3.16. The molecule has 1 aromatic carbocycles. The van der Waals surface area contributed by atoms with Gasteiger partial charge in [-0.3, -0.25) is 23.9 Å². The first-order valence-electron chi connectivity index (χ1n) is 7.51. The third-order valence-electron chi connectivity index (χ3n) is 3.84.